The Balaban J connectivity index is 3.21. The molecule has 0 aliphatic carbocycles. The molecule has 0 radical (unpaired) electrons. The van der Waals surface area contributed by atoms with Crippen LogP contribution in [0.3, 0.4) is 0 Å². The van der Waals surface area contributed by atoms with Crippen LogP contribution in [-0.4, -0.2) is 5.91 Å². The molecule has 1 aromatic rings. The number of amides is 1. The average molecular weight is 261 g/mol. The van der Waals surface area contributed by atoms with E-state index in [4.69, 9.17) is 5.73 Å². The van der Waals surface area contributed by atoms with E-state index in [0.29, 0.717) is 6.42 Å². The van der Waals surface area contributed by atoms with Crippen LogP contribution in [0.5, 0.6) is 0 Å². The molecule has 19 heavy (non-hydrogen) atoms. The number of nitrogens with two attached hydrogens (primary N) is 1. The van der Waals surface area contributed by atoms with Crippen molar-refractivity contribution in [3.8, 4) is 0 Å². The van der Waals surface area contributed by atoms with Crippen LogP contribution >= 0.6 is 0 Å². The van der Waals surface area contributed by atoms with Crippen molar-refractivity contribution < 1.29 is 4.79 Å². The number of primary amides is 1. The Kier molecular flexibility index (Phi) is 4.44. The minimum atomic E-state index is -0.238. The summed E-state index contributed by atoms with van der Waals surface area (Å²) in [5, 5.41) is 0. The predicted molar refractivity (Wildman–Crippen MR) is 81.4 cm³/mol. The van der Waals surface area contributed by atoms with Crippen molar-refractivity contribution in [2.24, 2.45) is 5.73 Å². The SMILES string of the molecule is CC(C)(C)c1cc(CCC(N)=O)cc(C(C)(C)C)c1. The van der Waals surface area contributed by atoms with Crippen LogP contribution in [0.4, 0.5) is 0 Å². The van der Waals surface area contributed by atoms with E-state index in [9.17, 15) is 4.79 Å². The van der Waals surface area contributed by atoms with E-state index in [1.165, 1.54) is 16.7 Å². The molecule has 0 atom stereocenters. The van der Waals surface area contributed by atoms with E-state index in [1.54, 1.807) is 0 Å². The van der Waals surface area contributed by atoms with Gasteiger partial charge in [-0.15, -0.1) is 0 Å². The molecule has 106 valence electrons. The fraction of sp³-hybridized carbons (Fsp3) is 0.588. The van der Waals surface area contributed by atoms with Gasteiger partial charge in [0.15, 0.2) is 0 Å². The third kappa shape index (κ3) is 4.70. The topological polar surface area (TPSA) is 43.1 Å². The summed E-state index contributed by atoms with van der Waals surface area (Å²) in [7, 11) is 0. The van der Waals surface area contributed by atoms with Gasteiger partial charge in [0.1, 0.15) is 0 Å². The summed E-state index contributed by atoms with van der Waals surface area (Å²) in [6.45, 7) is 13.3. The monoisotopic (exact) mass is 261 g/mol. The standard InChI is InChI=1S/C17H27NO/c1-16(2,3)13-9-12(7-8-15(18)19)10-14(11-13)17(4,5)6/h9-11H,7-8H2,1-6H3,(H2,18,19). The van der Waals surface area contributed by atoms with Crippen LogP contribution in [0.2, 0.25) is 0 Å². The molecule has 0 aliphatic heterocycles. The Morgan fingerprint density at radius 3 is 1.68 bits per heavy atom. The maximum Gasteiger partial charge on any atom is 0.217 e. The highest BCUT2D eigenvalue weighted by Crippen LogP contribution is 2.30. The van der Waals surface area contributed by atoms with E-state index >= 15 is 0 Å². The van der Waals surface area contributed by atoms with Crippen LogP contribution in [-0.2, 0) is 22.0 Å². The summed E-state index contributed by atoms with van der Waals surface area (Å²) in [6.07, 6.45) is 1.14. The summed E-state index contributed by atoms with van der Waals surface area (Å²) in [5.74, 6) is -0.238. The minimum Gasteiger partial charge on any atom is -0.370 e. The Bertz CT molecular complexity index is 429. The second-order valence-corrected chi connectivity index (χ2v) is 7.38. The highest BCUT2D eigenvalue weighted by Gasteiger charge is 2.20. The molecule has 0 aromatic heterocycles. The zero-order valence-electron chi connectivity index (χ0n) is 13.1. The van der Waals surface area contributed by atoms with Crippen LogP contribution in [0.25, 0.3) is 0 Å². The van der Waals surface area contributed by atoms with Crippen LogP contribution in [0, 0.1) is 0 Å². The van der Waals surface area contributed by atoms with Gasteiger partial charge in [0.05, 0.1) is 0 Å². The molecular weight excluding hydrogens is 234 g/mol. The zero-order chi connectivity index (χ0) is 14.8. The van der Waals surface area contributed by atoms with Crippen LogP contribution < -0.4 is 5.73 Å². The number of hydrogen-bond acceptors (Lipinski definition) is 1. The third-order valence-electron chi connectivity index (χ3n) is 3.38. The van der Waals surface area contributed by atoms with E-state index in [1.807, 2.05) is 0 Å². The number of benzene rings is 1. The van der Waals surface area contributed by atoms with E-state index in [-0.39, 0.29) is 16.7 Å². The van der Waals surface area contributed by atoms with E-state index < -0.39 is 0 Å². The largest absolute Gasteiger partial charge is 0.370 e. The molecule has 2 N–H and O–H groups in total. The van der Waals surface area contributed by atoms with Crippen molar-refractivity contribution >= 4 is 5.91 Å². The molecule has 2 nitrogen and oxygen atoms in total. The highest BCUT2D eigenvalue weighted by molar-refractivity contribution is 5.74. The first kappa shape index (κ1) is 15.7. The van der Waals surface area contributed by atoms with Gasteiger partial charge in [0.2, 0.25) is 5.91 Å². The Morgan fingerprint density at radius 2 is 1.37 bits per heavy atom. The van der Waals surface area contributed by atoms with Gasteiger partial charge in [-0.25, -0.2) is 0 Å². The van der Waals surface area contributed by atoms with E-state index in [0.717, 1.165) is 6.42 Å². The molecule has 0 heterocycles. The maximum atomic E-state index is 11.0. The lowest BCUT2D eigenvalue weighted by Gasteiger charge is -2.26. The van der Waals surface area contributed by atoms with Gasteiger partial charge in [-0.3, -0.25) is 4.79 Å². The Hall–Kier alpha value is -1.31. The molecule has 1 amide bonds. The first-order valence-electron chi connectivity index (χ1n) is 6.93. The first-order chi connectivity index (χ1) is 8.50. The van der Waals surface area contributed by atoms with Crippen molar-refractivity contribution in [3.63, 3.8) is 0 Å². The Labute approximate surface area is 117 Å². The van der Waals surface area contributed by atoms with Gasteiger partial charge in [-0.05, 0) is 33.9 Å². The summed E-state index contributed by atoms with van der Waals surface area (Å²) >= 11 is 0. The van der Waals surface area contributed by atoms with E-state index in [2.05, 4.69) is 59.7 Å². The third-order valence-corrected chi connectivity index (χ3v) is 3.38. The molecule has 0 spiro atoms. The molecule has 0 saturated heterocycles. The molecule has 0 saturated carbocycles. The molecule has 0 bridgehead atoms. The first-order valence-corrected chi connectivity index (χ1v) is 6.93. The number of rotatable bonds is 3. The van der Waals surface area contributed by atoms with Gasteiger partial charge in [-0.2, -0.15) is 0 Å². The lowest BCUT2D eigenvalue weighted by molar-refractivity contribution is -0.117. The van der Waals surface area contributed by atoms with Crippen molar-refractivity contribution in [1.82, 2.24) is 0 Å². The smallest absolute Gasteiger partial charge is 0.217 e. The number of hydrogen-bond donors (Lipinski definition) is 1. The fourth-order valence-electron chi connectivity index (χ4n) is 1.97. The lowest BCUT2D eigenvalue weighted by atomic mass is 9.79. The second kappa shape index (κ2) is 5.36. The van der Waals surface area contributed by atoms with Crippen molar-refractivity contribution in [2.45, 2.75) is 65.2 Å². The van der Waals surface area contributed by atoms with Gasteiger partial charge in [-0.1, -0.05) is 59.7 Å². The zero-order valence-corrected chi connectivity index (χ0v) is 13.1. The van der Waals surface area contributed by atoms with Crippen LogP contribution in [0.1, 0.15) is 64.7 Å². The summed E-state index contributed by atoms with van der Waals surface area (Å²) in [5.41, 5.74) is 9.32. The van der Waals surface area contributed by atoms with Crippen molar-refractivity contribution in [3.05, 3.63) is 34.9 Å². The normalized spacial score (nSPS) is 12.5. The molecule has 0 aliphatic rings. The van der Waals surface area contributed by atoms with Crippen LogP contribution in [0.15, 0.2) is 18.2 Å². The number of carbonyl (C=O) groups is 1. The highest BCUT2D eigenvalue weighted by atomic mass is 16.1. The fourth-order valence-corrected chi connectivity index (χ4v) is 1.97. The molecular formula is C17H27NO. The average Bonchev–Trinajstić information content (AvgIpc) is 2.23. The summed E-state index contributed by atoms with van der Waals surface area (Å²) < 4.78 is 0. The number of aryl methyl sites for hydroxylation is 1. The predicted octanol–water partition coefficient (Wildman–Crippen LogP) is 3.70. The lowest BCUT2D eigenvalue weighted by Crippen LogP contribution is -2.17. The summed E-state index contributed by atoms with van der Waals surface area (Å²) in [4.78, 5) is 11.0. The molecule has 2 heteroatoms. The van der Waals surface area contributed by atoms with Crippen molar-refractivity contribution in [2.75, 3.05) is 0 Å². The molecule has 0 fully saturated rings. The van der Waals surface area contributed by atoms with Crippen molar-refractivity contribution in [1.29, 1.82) is 0 Å². The van der Waals surface area contributed by atoms with Gasteiger partial charge in [0, 0.05) is 6.42 Å². The Morgan fingerprint density at radius 1 is 0.947 bits per heavy atom. The number of carbonyl (C=O) groups excluding carboxylic acids is 1. The summed E-state index contributed by atoms with van der Waals surface area (Å²) in [6, 6.07) is 6.70. The molecule has 1 aromatic carbocycles. The van der Waals surface area contributed by atoms with Gasteiger partial charge < -0.3 is 5.73 Å². The molecule has 0 unspecified atom stereocenters. The second-order valence-electron chi connectivity index (χ2n) is 7.38. The van der Waals surface area contributed by atoms with Gasteiger partial charge in [0.25, 0.3) is 0 Å². The molecule has 1 rings (SSSR count). The van der Waals surface area contributed by atoms with Gasteiger partial charge >= 0.3 is 0 Å². The maximum absolute atomic E-state index is 11.0. The quantitative estimate of drug-likeness (QED) is 0.885. The minimum absolute atomic E-state index is 0.114.